The van der Waals surface area contributed by atoms with E-state index < -0.39 is 0 Å². The van der Waals surface area contributed by atoms with Gasteiger partial charge < -0.3 is 10.2 Å². The van der Waals surface area contributed by atoms with Crippen molar-refractivity contribution in [2.75, 3.05) is 12.3 Å². The molecule has 0 spiro atoms. The summed E-state index contributed by atoms with van der Waals surface area (Å²) in [6.45, 7) is 9.87. The summed E-state index contributed by atoms with van der Waals surface area (Å²) in [4.78, 5) is 14.8. The van der Waals surface area contributed by atoms with Crippen LogP contribution in [0.15, 0.2) is 0 Å². The Bertz CT molecular complexity index is 317. The Labute approximate surface area is 115 Å². The molecule has 0 aromatic carbocycles. The number of nitrogens with one attached hydrogen (secondary N) is 1. The highest BCUT2D eigenvalue weighted by Gasteiger charge is 2.48. The Hall–Kier alpha value is -0.220. The van der Waals surface area contributed by atoms with Crippen LogP contribution in [0.4, 0.5) is 0 Å². The third-order valence-corrected chi connectivity index (χ3v) is 5.72. The summed E-state index contributed by atoms with van der Waals surface area (Å²) in [6, 6.07) is 0.394. The van der Waals surface area contributed by atoms with E-state index in [-0.39, 0.29) is 11.5 Å². The van der Waals surface area contributed by atoms with Gasteiger partial charge >= 0.3 is 0 Å². The predicted molar refractivity (Wildman–Crippen MR) is 77.7 cm³/mol. The number of thioether (sulfide) groups is 1. The van der Waals surface area contributed by atoms with Crippen LogP contribution >= 0.6 is 11.8 Å². The summed E-state index contributed by atoms with van der Waals surface area (Å²) in [6.07, 6.45) is 3.19. The first-order valence-electron chi connectivity index (χ1n) is 7.14. The van der Waals surface area contributed by atoms with E-state index in [0.717, 1.165) is 31.6 Å². The van der Waals surface area contributed by atoms with E-state index in [1.54, 1.807) is 0 Å². The van der Waals surface area contributed by atoms with E-state index >= 15 is 0 Å². The Kier molecular flexibility index (Phi) is 4.27. The molecule has 0 bridgehead atoms. The normalized spacial score (nSPS) is 35.4. The number of hydrogen-bond acceptors (Lipinski definition) is 3. The Morgan fingerprint density at radius 1 is 1.50 bits per heavy atom. The van der Waals surface area contributed by atoms with Crippen molar-refractivity contribution >= 4 is 17.7 Å². The van der Waals surface area contributed by atoms with Gasteiger partial charge in [0, 0.05) is 6.04 Å². The zero-order chi connectivity index (χ0) is 13.3. The molecule has 0 radical (unpaired) electrons. The molecule has 2 aliphatic heterocycles. The van der Waals surface area contributed by atoms with Crippen molar-refractivity contribution in [2.45, 2.75) is 64.4 Å². The molecule has 4 heteroatoms. The van der Waals surface area contributed by atoms with Crippen molar-refractivity contribution in [1.29, 1.82) is 0 Å². The first-order valence-corrected chi connectivity index (χ1v) is 8.19. The lowest BCUT2D eigenvalue weighted by molar-refractivity contribution is -0.135. The summed E-state index contributed by atoms with van der Waals surface area (Å²) in [5.74, 6) is 1.42. The Morgan fingerprint density at radius 2 is 2.22 bits per heavy atom. The highest BCUT2D eigenvalue weighted by Crippen LogP contribution is 2.45. The highest BCUT2D eigenvalue weighted by atomic mass is 32.2. The summed E-state index contributed by atoms with van der Waals surface area (Å²) in [5.41, 5.74) is 0.250. The molecule has 0 saturated carbocycles. The van der Waals surface area contributed by atoms with E-state index in [9.17, 15) is 4.79 Å². The van der Waals surface area contributed by atoms with Gasteiger partial charge in [-0.3, -0.25) is 4.79 Å². The molecule has 2 saturated heterocycles. The van der Waals surface area contributed by atoms with Gasteiger partial charge in [0.2, 0.25) is 5.91 Å². The van der Waals surface area contributed by atoms with Crippen LogP contribution in [0.2, 0.25) is 0 Å². The minimum Gasteiger partial charge on any atom is -0.326 e. The average molecular weight is 270 g/mol. The van der Waals surface area contributed by atoms with Crippen LogP contribution in [-0.2, 0) is 4.79 Å². The minimum absolute atomic E-state index is 0.0406. The standard InChI is InChI=1S/C14H26N2OS/c1-5-7-15-11-6-8-18-12-9-14(3,4)10(2)16(12)13(11)17/h10-12,15H,5-9H2,1-4H3. The fraction of sp³-hybridized carbons (Fsp3) is 0.929. The van der Waals surface area contributed by atoms with Gasteiger partial charge in [0.05, 0.1) is 11.4 Å². The lowest BCUT2D eigenvalue weighted by Gasteiger charge is -2.32. The van der Waals surface area contributed by atoms with E-state index in [1.165, 1.54) is 0 Å². The number of carbonyl (C=O) groups is 1. The van der Waals surface area contributed by atoms with E-state index in [1.807, 2.05) is 11.8 Å². The molecular weight excluding hydrogens is 244 g/mol. The first-order chi connectivity index (χ1) is 8.47. The van der Waals surface area contributed by atoms with Crippen molar-refractivity contribution in [3.8, 4) is 0 Å². The highest BCUT2D eigenvalue weighted by molar-refractivity contribution is 7.99. The maximum Gasteiger partial charge on any atom is 0.240 e. The molecule has 3 unspecified atom stereocenters. The molecule has 2 fully saturated rings. The number of rotatable bonds is 3. The zero-order valence-electron chi connectivity index (χ0n) is 12.0. The molecule has 1 amide bonds. The van der Waals surface area contributed by atoms with Gasteiger partial charge in [-0.05, 0) is 43.9 Å². The van der Waals surface area contributed by atoms with Gasteiger partial charge in [-0.25, -0.2) is 0 Å². The fourth-order valence-corrected chi connectivity index (χ4v) is 4.59. The minimum atomic E-state index is 0.0406. The molecule has 2 heterocycles. The third-order valence-electron chi connectivity index (χ3n) is 4.47. The summed E-state index contributed by atoms with van der Waals surface area (Å²) < 4.78 is 0. The largest absolute Gasteiger partial charge is 0.326 e. The Morgan fingerprint density at radius 3 is 2.89 bits per heavy atom. The molecule has 18 heavy (non-hydrogen) atoms. The number of hydrogen-bond donors (Lipinski definition) is 1. The summed E-state index contributed by atoms with van der Waals surface area (Å²) in [5, 5.41) is 3.82. The molecule has 0 aromatic rings. The lowest BCUT2D eigenvalue weighted by atomic mass is 9.86. The topological polar surface area (TPSA) is 32.3 Å². The monoisotopic (exact) mass is 270 g/mol. The molecule has 0 aliphatic carbocycles. The molecule has 0 aromatic heterocycles. The van der Waals surface area contributed by atoms with Crippen LogP contribution in [0, 0.1) is 5.41 Å². The quantitative estimate of drug-likeness (QED) is 0.855. The van der Waals surface area contributed by atoms with Crippen LogP contribution in [0.3, 0.4) is 0 Å². The van der Waals surface area contributed by atoms with Crippen molar-refractivity contribution in [3.63, 3.8) is 0 Å². The SMILES string of the molecule is CCCNC1CCSC2CC(C)(C)C(C)N2C1=O. The van der Waals surface area contributed by atoms with Gasteiger partial charge in [-0.2, -0.15) is 0 Å². The summed E-state index contributed by atoms with van der Waals surface area (Å²) >= 11 is 1.97. The van der Waals surface area contributed by atoms with Gasteiger partial charge in [0.25, 0.3) is 0 Å². The van der Waals surface area contributed by atoms with Crippen LogP contribution in [0.1, 0.15) is 47.0 Å². The maximum atomic E-state index is 12.7. The molecule has 3 atom stereocenters. The molecular formula is C14H26N2OS. The first kappa shape index (κ1) is 14.2. The van der Waals surface area contributed by atoms with Crippen LogP contribution in [0.5, 0.6) is 0 Å². The molecule has 2 aliphatic rings. The number of fused-ring (bicyclic) bond motifs is 1. The number of carbonyl (C=O) groups excluding carboxylic acids is 1. The van der Waals surface area contributed by atoms with E-state index in [4.69, 9.17) is 0 Å². The number of amides is 1. The van der Waals surface area contributed by atoms with Gasteiger partial charge in [0.1, 0.15) is 0 Å². The maximum absolute atomic E-state index is 12.7. The molecule has 3 nitrogen and oxygen atoms in total. The fourth-order valence-electron chi connectivity index (χ4n) is 2.95. The van der Waals surface area contributed by atoms with Gasteiger partial charge in [-0.15, -0.1) is 11.8 Å². The van der Waals surface area contributed by atoms with Gasteiger partial charge in [0.15, 0.2) is 0 Å². The second-order valence-electron chi connectivity index (χ2n) is 6.24. The van der Waals surface area contributed by atoms with Crippen LogP contribution < -0.4 is 5.32 Å². The van der Waals surface area contributed by atoms with Crippen molar-refractivity contribution in [1.82, 2.24) is 10.2 Å². The van der Waals surface area contributed by atoms with E-state index in [0.29, 0.717) is 17.3 Å². The van der Waals surface area contributed by atoms with Crippen molar-refractivity contribution < 1.29 is 4.79 Å². The van der Waals surface area contributed by atoms with E-state index in [2.05, 4.69) is 37.9 Å². The van der Waals surface area contributed by atoms with Crippen LogP contribution in [0.25, 0.3) is 0 Å². The number of nitrogens with zero attached hydrogens (tertiary/aromatic N) is 1. The molecule has 1 N–H and O–H groups in total. The van der Waals surface area contributed by atoms with Crippen LogP contribution in [-0.4, -0.2) is 40.6 Å². The smallest absolute Gasteiger partial charge is 0.240 e. The lowest BCUT2D eigenvalue weighted by Crippen LogP contribution is -2.50. The molecule has 2 rings (SSSR count). The third kappa shape index (κ3) is 2.55. The molecule has 104 valence electrons. The predicted octanol–water partition coefficient (Wildman–Crippen LogP) is 2.46. The Balaban J connectivity index is 2.13. The second-order valence-corrected chi connectivity index (χ2v) is 7.52. The second kappa shape index (κ2) is 5.41. The zero-order valence-corrected chi connectivity index (χ0v) is 12.8. The summed E-state index contributed by atoms with van der Waals surface area (Å²) in [7, 11) is 0. The average Bonchev–Trinajstić information content (AvgIpc) is 2.44. The van der Waals surface area contributed by atoms with Crippen molar-refractivity contribution in [3.05, 3.63) is 0 Å². The van der Waals surface area contributed by atoms with Crippen molar-refractivity contribution in [2.24, 2.45) is 5.41 Å². The van der Waals surface area contributed by atoms with Gasteiger partial charge in [-0.1, -0.05) is 20.8 Å².